The van der Waals surface area contributed by atoms with Crippen molar-refractivity contribution in [3.8, 4) is 0 Å². The molecule has 0 aliphatic heterocycles. The molecular weight excluding hydrogens is 440 g/mol. The smallest absolute Gasteiger partial charge is 0.279 e. The van der Waals surface area contributed by atoms with Gasteiger partial charge in [0, 0.05) is 29.5 Å². The van der Waals surface area contributed by atoms with Crippen LogP contribution in [-0.2, 0) is 16.0 Å². The number of hydrogen-bond donors (Lipinski definition) is 2. The number of nitro benzene ring substituents is 3. The number of non-ortho nitro benzene ring substituents is 2. The van der Waals surface area contributed by atoms with Crippen molar-refractivity contribution < 1.29 is 24.4 Å². The largest absolute Gasteiger partial charge is 0.325 e. The number of nitrogens with zero attached hydrogens (tertiary/aromatic N) is 4. The lowest BCUT2D eigenvalue weighted by Crippen LogP contribution is -2.23. The Labute approximate surface area is 185 Å². The van der Waals surface area contributed by atoms with Crippen molar-refractivity contribution in [2.45, 2.75) is 26.7 Å². The molecule has 0 saturated heterocycles. The number of amides is 2. The molecule has 2 aromatic rings. The third kappa shape index (κ3) is 6.88. The predicted molar refractivity (Wildman–Crippen MR) is 116 cm³/mol. The van der Waals surface area contributed by atoms with E-state index >= 15 is 0 Å². The van der Waals surface area contributed by atoms with Crippen molar-refractivity contribution in [1.82, 2.24) is 5.43 Å². The van der Waals surface area contributed by atoms with Gasteiger partial charge in [0.1, 0.15) is 0 Å². The van der Waals surface area contributed by atoms with Crippen LogP contribution >= 0.6 is 0 Å². The van der Waals surface area contributed by atoms with E-state index in [-0.39, 0.29) is 29.1 Å². The first-order valence-electron chi connectivity index (χ1n) is 9.26. The minimum absolute atomic E-state index is 0.0464. The highest BCUT2D eigenvalue weighted by Crippen LogP contribution is 2.25. The van der Waals surface area contributed by atoms with Crippen molar-refractivity contribution in [3.63, 3.8) is 0 Å². The Morgan fingerprint density at radius 2 is 1.52 bits per heavy atom. The highest BCUT2D eigenvalue weighted by atomic mass is 16.6. The van der Waals surface area contributed by atoms with Gasteiger partial charge in [0.2, 0.25) is 11.8 Å². The van der Waals surface area contributed by atoms with Crippen molar-refractivity contribution in [3.05, 3.63) is 77.9 Å². The number of anilines is 1. The van der Waals surface area contributed by atoms with Crippen molar-refractivity contribution in [2.75, 3.05) is 5.32 Å². The quantitative estimate of drug-likeness (QED) is 0.324. The summed E-state index contributed by atoms with van der Waals surface area (Å²) in [5.74, 6) is -1.26. The highest BCUT2D eigenvalue weighted by Gasteiger charge is 2.21. The Morgan fingerprint density at radius 3 is 2.12 bits per heavy atom. The molecule has 14 heteroatoms. The first kappa shape index (κ1) is 24.5. The van der Waals surface area contributed by atoms with Crippen LogP contribution in [0.1, 0.15) is 24.5 Å². The fourth-order valence-corrected chi connectivity index (χ4v) is 2.68. The number of nitro groups is 3. The molecule has 0 aromatic heterocycles. The fraction of sp³-hybridized carbons (Fsp3) is 0.211. The van der Waals surface area contributed by atoms with Crippen LogP contribution in [0.4, 0.5) is 22.7 Å². The molecule has 0 fully saturated rings. The summed E-state index contributed by atoms with van der Waals surface area (Å²) in [5.41, 5.74) is 1.94. The van der Waals surface area contributed by atoms with Gasteiger partial charge in [0.05, 0.1) is 39.4 Å². The monoisotopic (exact) mass is 458 g/mol. The lowest BCUT2D eigenvalue weighted by Gasteiger charge is -2.08. The van der Waals surface area contributed by atoms with Crippen molar-refractivity contribution in [2.24, 2.45) is 5.10 Å². The van der Waals surface area contributed by atoms with E-state index in [2.05, 4.69) is 15.8 Å². The van der Waals surface area contributed by atoms with E-state index in [1.165, 1.54) is 25.1 Å². The summed E-state index contributed by atoms with van der Waals surface area (Å²) in [6.45, 7) is 3.12. The van der Waals surface area contributed by atoms with Gasteiger partial charge in [-0.05, 0) is 25.5 Å². The molecule has 0 atom stereocenters. The molecule has 2 N–H and O–H groups in total. The van der Waals surface area contributed by atoms with E-state index in [0.717, 1.165) is 18.2 Å². The zero-order valence-corrected chi connectivity index (χ0v) is 17.4. The van der Waals surface area contributed by atoms with Crippen LogP contribution in [0.25, 0.3) is 0 Å². The van der Waals surface area contributed by atoms with Crippen LogP contribution in [0, 0.1) is 37.3 Å². The van der Waals surface area contributed by atoms with Gasteiger partial charge in [0.15, 0.2) is 0 Å². The molecule has 0 saturated carbocycles. The molecule has 33 heavy (non-hydrogen) atoms. The van der Waals surface area contributed by atoms with Gasteiger partial charge in [-0.15, -0.1) is 0 Å². The van der Waals surface area contributed by atoms with Crippen molar-refractivity contribution >= 4 is 40.3 Å². The molecule has 0 radical (unpaired) electrons. The Kier molecular flexibility index (Phi) is 7.82. The Bertz CT molecular complexity index is 1180. The van der Waals surface area contributed by atoms with Crippen molar-refractivity contribution in [1.29, 1.82) is 0 Å². The summed E-state index contributed by atoms with van der Waals surface area (Å²) >= 11 is 0. The molecule has 2 amide bonds. The molecule has 0 unspecified atom stereocenters. The van der Waals surface area contributed by atoms with E-state index in [1.807, 2.05) is 0 Å². The standard InChI is InChI=1S/C19H18N6O8/c1-11-3-5-14(23(28)29)9-16(11)20-18(26)7-12(2)21-22-19(27)8-13-4-6-15(24(30)31)10-17(13)25(32)33/h3-6,9-10H,7-8H2,1-2H3,(H,20,26)(H,22,27)/b21-12-. The molecule has 14 nitrogen and oxygen atoms in total. The molecular formula is C19H18N6O8. The topological polar surface area (TPSA) is 200 Å². The van der Waals surface area contributed by atoms with Crippen LogP contribution in [0.15, 0.2) is 41.5 Å². The molecule has 2 rings (SSSR count). The Morgan fingerprint density at radius 1 is 0.909 bits per heavy atom. The molecule has 0 bridgehead atoms. The molecule has 0 aliphatic rings. The zero-order chi connectivity index (χ0) is 24.7. The lowest BCUT2D eigenvalue weighted by molar-refractivity contribution is -0.394. The minimum Gasteiger partial charge on any atom is -0.325 e. The number of carbonyl (C=O) groups excluding carboxylic acids is 2. The third-order valence-electron chi connectivity index (χ3n) is 4.32. The Balaban J connectivity index is 2.00. The first-order valence-corrected chi connectivity index (χ1v) is 9.26. The van der Waals surface area contributed by atoms with Gasteiger partial charge in [-0.2, -0.15) is 5.10 Å². The summed E-state index contributed by atoms with van der Waals surface area (Å²) < 4.78 is 0. The number of nitrogens with one attached hydrogen (secondary N) is 2. The number of carbonyl (C=O) groups is 2. The van der Waals surface area contributed by atoms with Crippen LogP contribution in [-0.4, -0.2) is 32.3 Å². The number of rotatable bonds is 9. The second-order valence-electron chi connectivity index (χ2n) is 6.87. The van der Waals surface area contributed by atoms with E-state index < -0.39 is 44.4 Å². The Hall–Kier alpha value is -4.75. The minimum atomic E-state index is -0.829. The zero-order valence-electron chi connectivity index (χ0n) is 17.4. The number of hydrazone groups is 1. The molecule has 0 spiro atoms. The predicted octanol–water partition coefficient (Wildman–Crippen LogP) is 2.78. The SMILES string of the molecule is C/C(CC(=O)Nc1cc([N+](=O)[O-])ccc1C)=N/NC(=O)Cc1ccc([N+](=O)[O-])cc1[N+](=O)[O-]. The molecule has 0 aliphatic carbocycles. The average Bonchev–Trinajstić information content (AvgIpc) is 2.73. The lowest BCUT2D eigenvalue weighted by atomic mass is 10.1. The third-order valence-corrected chi connectivity index (χ3v) is 4.32. The number of benzene rings is 2. The van der Waals surface area contributed by atoms with E-state index in [9.17, 15) is 39.9 Å². The average molecular weight is 458 g/mol. The molecule has 2 aromatic carbocycles. The van der Waals surface area contributed by atoms with Crippen LogP contribution < -0.4 is 10.7 Å². The van der Waals surface area contributed by atoms with Crippen LogP contribution in [0.3, 0.4) is 0 Å². The maximum atomic E-state index is 12.2. The molecule has 172 valence electrons. The fourth-order valence-electron chi connectivity index (χ4n) is 2.68. The summed E-state index contributed by atoms with van der Waals surface area (Å²) in [6, 6.07) is 6.94. The van der Waals surface area contributed by atoms with E-state index in [0.29, 0.717) is 5.56 Å². The highest BCUT2D eigenvalue weighted by molar-refractivity contribution is 6.06. The van der Waals surface area contributed by atoms with Gasteiger partial charge in [-0.25, -0.2) is 5.43 Å². The van der Waals surface area contributed by atoms with Gasteiger partial charge in [-0.3, -0.25) is 39.9 Å². The maximum Gasteiger partial charge on any atom is 0.279 e. The first-order chi connectivity index (χ1) is 15.5. The summed E-state index contributed by atoms with van der Waals surface area (Å²) in [7, 11) is 0. The van der Waals surface area contributed by atoms with Crippen LogP contribution in [0.2, 0.25) is 0 Å². The maximum absolute atomic E-state index is 12.2. The van der Waals surface area contributed by atoms with Gasteiger partial charge in [-0.1, -0.05) is 6.07 Å². The van der Waals surface area contributed by atoms with E-state index in [4.69, 9.17) is 0 Å². The number of hydrogen-bond acceptors (Lipinski definition) is 9. The normalized spacial score (nSPS) is 10.9. The number of aryl methyl sites for hydroxylation is 1. The second-order valence-corrected chi connectivity index (χ2v) is 6.87. The van der Waals surface area contributed by atoms with E-state index in [1.54, 1.807) is 6.92 Å². The summed E-state index contributed by atoms with van der Waals surface area (Å²) in [5, 5.41) is 39.1. The van der Waals surface area contributed by atoms with Gasteiger partial charge in [0.25, 0.3) is 17.1 Å². The summed E-state index contributed by atoms with van der Waals surface area (Å²) in [6.07, 6.45) is -0.704. The molecule has 0 heterocycles. The van der Waals surface area contributed by atoms with Crippen LogP contribution in [0.5, 0.6) is 0 Å². The van der Waals surface area contributed by atoms with Gasteiger partial charge >= 0.3 is 0 Å². The van der Waals surface area contributed by atoms with Gasteiger partial charge < -0.3 is 5.32 Å². The second kappa shape index (κ2) is 10.5. The summed E-state index contributed by atoms with van der Waals surface area (Å²) in [4.78, 5) is 54.9.